The summed E-state index contributed by atoms with van der Waals surface area (Å²) in [4.78, 5) is 22.6. The van der Waals surface area contributed by atoms with Crippen molar-refractivity contribution in [2.75, 3.05) is 6.61 Å². The summed E-state index contributed by atoms with van der Waals surface area (Å²) in [5.74, 6) is -0.664. The SMILES string of the molecule is CC(=O)OCC(=O)c1ccc(O)c2ccccc12. The molecule has 0 atom stereocenters. The fourth-order valence-corrected chi connectivity index (χ4v) is 1.77. The molecule has 0 unspecified atom stereocenters. The van der Waals surface area contributed by atoms with Gasteiger partial charge in [0, 0.05) is 17.9 Å². The molecule has 4 heteroatoms. The van der Waals surface area contributed by atoms with Crippen LogP contribution in [0.1, 0.15) is 17.3 Å². The van der Waals surface area contributed by atoms with Gasteiger partial charge in [-0.2, -0.15) is 0 Å². The lowest BCUT2D eigenvalue weighted by atomic mass is 10.0. The monoisotopic (exact) mass is 244 g/mol. The van der Waals surface area contributed by atoms with Crippen LogP contribution in [-0.4, -0.2) is 23.5 Å². The molecule has 2 rings (SSSR count). The minimum atomic E-state index is -0.494. The summed E-state index contributed by atoms with van der Waals surface area (Å²) in [5.41, 5.74) is 0.435. The molecule has 0 saturated heterocycles. The van der Waals surface area contributed by atoms with Gasteiger partial charge in [0.15, 0.2) is 6.61 Å². The Bertz CT molecular complexity index is 616. The number of carbonyl (C=O) groups is 2. The molecule has 0 spiro atoms. The van der Waals surface area contributed by atoms with E-state index in [0.29, 0.717) is 16.3 Å². The number of phenolic OH excluding ortho intramolecular Hbond substituents is 1. The molecular formula is C14H12O4. The van der Waals surface area contributed by atoms with Gasteiger partial charge in [0.2, 0.25) is 5.78 Å². The van der Waals surface area contributed by atoms with E-state index in [2.05, 4.69) is 4.74 Å². The maximum atomic E-state index is 11.9. The Balaban J connectivity index is 2.42. The van der Waals surface area contributed by atoms with E-state index in [-0.39, 0.29) is 18.1 Å². The van der Waals surface area contributed by atoms with Crippen molar-refractivity contribution in [3.63, 3.8) is 0 Å². The van der Waals surface area contributed by atoms with Crippen LogP contribution in [0.2, 0.25) is 0 Å². The number of carbonyl (C=O) groups excluding carboxylic acids is 2. The van der Waals surface area contributed by atoms with Crippen molar-refractivity contribution in [1.82, 2.24) is 0 Å². The molecule has 1 N–H and O–H groups in total. The minimum absolute atomic E-state index is 0.120. The summed E-state index contributed by atoms with van der Waals surface area (Å²) < 4.78 is 4.69. The number of phenols is 1. The zero-order valence-electron chi connectivity index (χ0n) is 9.84. The maximum absolute atomic E-state index is 11.9. The van der Waals surface area contributed by atoms with E-state index in [1.807, 2.05) is 0 Å². The summed E-state index contributed by atoms with van der Waals surface area (Å²) in [6, 6.07) is 10.0. The molecule has 0 aromatic heterocycles. The van der Waals surface area contributed by atoms with E-state index < -0.39 is 5.97 Å². The zero-order valence-corrected chi connectivity index (χ0v) is 9.84. The molecule has 0 radical (unpaired) electrons. The molecular weight excluding hydrogens is 232 g/mol. The molecule has 0 fully saturated rings. The Morgan fingerprint density at radius 3 is 2.44 bits per heavy atom. The smallest absolute Gasteiger partial charge is 0.303 e. The lowest BCUT2D eigenvalue weighted by Crippen LogP contribution is -2.12. The van der Waals surface area contributed by atoms with Gasteiger partial charge in [0.05, 0.1) is 0 Å². The highest BCUT2D eigenvalue weighted by Gasteiger charge is 2.13. The van der Waals surface area contributed by atoms with Crippen LogP contribution in [0.25, 0.3) is 10.8 Å². The lowest BCUT2D eigenvalue weighted by Gasteiger charge is -2.07. The van der Waals surface area contributed by atoms with Gasteiger partial charge in [-0.05, 0) is 17.5 Å². The van der Waals surface area contributed by atoms with Crippen LogP contribution in [0.15, 0.2) is 36.4 Å². The highest BCUT2D eigenvalue weighted by molar-refractivity contribution is 6.10. The van der Waals surface area contributed by atoms with Gasteiger partial charge in [-0.25, -0.2) is 0 Å². The Kier molecular flexibility index (Phi) is 3.28. The van der Waals surface area contributed by atoms with Crippen LogP contribution in [0, 0.1) is 0 Å². The largest absolute Gasteiger partial charge is 0.507 e. The molecule has 0 aliphatic heterocycles. The third-order valence-corrected chi connectivity index (χ3v) is 2.61. The van der Waals surface area contributed by atoms with Gasteiger partial charge in [0.25, 0.3) is 0 Å². The molecule has 0 heterocycles. The van der Waals surface area contributed by atoms with Gasteiger partial charge in [-0.3, -0.25) is 9.59 Å². The molecule has 0 saturated carbocycles. The summed E-state index contributed by atoms with van der Waals surface area (Å²) >= 11 is 0. The Morgan fingerprint density at radius 1 is 1.11 bits per heavy atom. The zero-order chi connectivity index (χ0) is 13.1. The van der Waals surface area contributed by atoms with E-state index in [0.717, 1.165) is 0 Å². The third-order valence-electron chi connectivity index (χ3n) is 2.61. The van der Waals surface area contributed by atoms with Gasteiger partial charge in [-0.1, -0.05) is 24.3 Å². The van der Waals surface area contributed by atoms with Crippen LogP contribution in [0.3, 0.4) is 0 Å². The Morgan fingerprint density at radius 2 is 1.78 bits per heavy atom. The number of ketones is 1. The number of hydrogen-bond donors (Lipinski definition) is 1. The third kappa shape index (κ3) is 2.32. The highest BCUT2D eigenvalue weighted by Crippen LogP contribution is 2.27. The number of benzene rings is 2. The highest BCUT2D eigenvalue weighted by atomic mass is 16.5. The van der Waals surface area contributed by atoms with E-state index in [4.69, 9.17) is 0 Å². The number of esters is 1. The van der Waals surface area contributed by atoms with Gasteiger partial charge in [-0.15, -0.1) is 0 Å². The van der Waals surface area contributed by atoms with Crippen molar-refractivity contribution in [1.29, 1.82) is 0 Å². The minimum Gasteiger partial charge on any atom is -0.507 e. The quantitative estimate of drug-likeness (QED) is 0.664. The van der Waals surface area contributed by atoms with E-state index in [9.17, 15) is 14.7 Å². The molecule has 2 aromatic rings. The fraction of sp³-hybridized carbons (Fsp3) is 0.143. The Labute approximate surface area is 104 Å². The van der Waals surface area contributed by atoms with Crippen LogP contribution >= 0.6 is 0 Å². The molecule has 0 amide bonds. The van der Waals surface area contributed by atoms with Crippen molar-refractivity contribution < 1.29 is 19.4 Å². The van der Waals surface area contributed by atoms with Crippen LogP contribution in [0.5, 0.6) is 5.75 Å². The van der Waals surface area contributed by atoms with Crippen LogP contribution < -0.4 is 0 Å². The molecule has 0 aliphatic carbocycles. The van der Waals surface area contributed by atoms with Crippen molar-refractivity contribution in [3.8, 4) is 5.75 Å². The normalized spacial score (nSPS) is 10.3. The predicted molar refractivity (Wildman–Crippen MR) is 66.6 cm³/mol. The van der Waals surface area contributed by atoms with Crippen molar-refractivity contribution in [3.05, 3.63) is 42.0 Å². The maximum Gasteiger partial charge on any atom is 0.303 e. The summed E-state index contributed by atoms with van der Waals surface area (Å²) in [7, 11) is 0. The predicted octanol–water partition coefficient (Wildman–Crippen LogP) is 2.29. The first-order valence-electron chi connectivity index (χ1n) is 5.47. The topological polar surface area (TPSA) is 63.6 Å². The molecule has 0 aliphatic rings. The van der Waals surface area contributed by atoms with Gasteiger partial charge >= 0.3 is 5.97 Å². The van der Waals surface area contributed by atoms with E-state index >= 15 is 0 Å². The lowest BCUT2D eigenvalue weighted by molar-refractivity contribution is -0.139. The molecule has 92 valence electrons. The summed E-state index contributed by atoms with van der Waals surface area (Å²) in [6.45, 7) is 0.965. The van der Waals surface area contributed by atoms with Gasteiger partial charge in [0.1, 0.15) is 5.75 Å². The van der Waals surface area contributed by atoms with E-state index in [1.54, 1.807) is 24.3 Å². The number of fused-ring (bicyclic) bond motifs is 1. The number of rotatable bonds is 3. The molecule has 18 heavy (non-hydrogen) atoms. The number of aromatic hydroxyl groups is 1. The van der Waals surface area contributed by atoms with Crippen molar-refractivity contribution in [2.45, 2.75) is 6.92 Å². The standard InChI is InChI=1S/C14H12O4/c1-9(15)18-8-14(17)12-6-7-13(16)11-5-3-2-4-10(11)12/h2-7,16H,8H2,1H3. The van der Waals surface area contributed by atoms with Crippen LogP contribution in [-0.2, 0) is 9.53 Å². The summed E-state index contributed by atoms with van der Waals surface area (Å²) in [6.07, 6.45) is 0. The first kappa shape index (κ1) is 12.1. The second-order valence-electron chi connectivity index (χ2n) is 3.88. The van der Waals surface area contributed by atoms with E-state index in [1.165, 1.54) is 19.1 Å². The van der Waals surface area contributed by atoms with Crippen LogP contribution in [0.4, 0.5) is 0 Å². The molecule has 0 bridgehead atoms. The number of hydrogen-bond acceptors (Lipinski definition) is 4. The summed E-state index contributed by atoms with van der Waals surface area (Å²) in [5, 5.41) is 10.9. The molecule has 4 nitrogen and oxygen atoms in total. The van der Waals surface area contributed by atoms with Crippen molar-refractivity contribution >= 4 is 22.5 Å². The number of Topliss-reactive ketones (excluding diaryl/α,β-unsaturated/α-hetero) is 1. The average Bonchev–Trinajstić information content (AvgIpc) is 2.37. The first-order chi connectivity index (χ1) is 8.59. The first-order valence-corrected chi connectivity index (χ1v) is 5.47. The van der Waals surface area contributed by atoms with Crippen molar-refractivity contribution in [2.24, 2.45) is 0 Å². The Hall–Kier alpha value is -2.36. The second kappa shape index (κ2) is 4.87. The second-order valence-corrected chi connectivity index (χ2v) is 3.88. The number of ether oxygens (including phenoxy) is 1. The van der Waals surface area contributed by atoms with Gasteiger partial charge < -0.3 is 9.84 Å². The fourth-order valence-electron chi connectivity index (χ4n) is 1.77. The average molecular weight is 244 g/mol. The molecule has 2 aromatic carbocycles.